The Morgan fingerprint density at radius 3 is 2.84 bits per heavy atom. The van der Waals surface area contributed by atoms with Crippen LogP contribution in [-0.2, 0) is 13.0 Å². The predicted octanol–water partition coefficient (Wildman–Crippen LogP) is 3.89. The van der Waals surface area contributed by atoms with Crippen LogP contribution < -0.4 is 5.73 Å². The molecule has 0 fully saturated rings. The highest BCUT2D eigenvalue weighted by atomic mass is 35.5. The summed E-state index contributed by atoms with van der Waals surface area (Å²) in [4.78, 5) is 5.52. The highest BCUT2D eigenvalue weighted by Gasteiger charge is 2.13. The van der Waals surface area contributed by atoms with Crippen LogP contribution in [0.15, 0.2) is 24.7 Å². The van der Waals surface area contributed by atoms with Crippen LogP contribution in [0.2, 0.25) is 4.34 Å². The van der Waals surface area contributed by atoms with E-state index in [-0.39, 0.29) is 6.04 Å². The van der Waals surface area contributed by atoms with E-state index in [1.165, 1.54) is 4.88 Å². The topological polar surface area (TPSA) is 43.8 Å². The van der Waals surface area contributed by atoms with Crippen molar-refractivity contribution in [2.24, 2.45) is 11.7 Å². The first-order valence-electron chi connectivity index (χ1n) is 6.56. The molecule has 2 N–H and O–H groups in total. The van der Waals surface area contributed by atoms with Gasteiger partial charge in [-0.15, -0.1) is 11.3 Å². The van der Waals surface area contributed by atoms with Crippen LogP contribution in [0.1, 0.15) is 36.9 Å². The van der Waals surface area contributed by atoms with Gasteiger partial charge in [-0.2, -0.15) is 0 Å². The molecule has 19 heavy (non-hydrogen) atoms. The number of hydrogen-bond donors (Lipinski definition) is 1. The van der Waals surface area contributed by atoms with Gasteiger partial charge in [-0.25, -0.2) is 4.98 Å². The van der Waals surface area contributed by atoms with Crippen molar-refractivity contribution in [3.8, 4) is 0 Å². The molecule has 2 aromatic rings. The Balaban J connectivity index is 1.99. The molecule has 0 aliphatic rings. The molecule has 2 rings (SSSR count). The van der Waals surface area contributed by atoms with Gasteiger partial charge in [-0.05, 0) is 30.9 Å². The first-order valence-corrected chi connectivity index (χ1v) is 7.75. The van der Waals surface area contributed by atoms with Crippen LogP contribution in [0.5, 0.6) is 0 Å². The smallest absolute Gasteiger partial charge is 0.0948 e. The summed E-state index contributed by atoms with van der Waals surface area (Å²) < 4.78 is 3.00. The molecule has 2 aromatic heterocycles. The average Bonchev–Trinajstić information content (AvgIpc) is 2.93. The monoisotopic (exact) mass is 297 g/mol. The van der Waals surface area contributed by atoms with Gasteiger partial charge in [0.15, 0.2) is 0 Å². The molecule has 104 valence electrons. The number of aryl methyl sites for hydroxylation is 2. The molecule has 5 heteroatoms. The van der Waals surface area contributed by atoms with E-state index in [1.54, 1.807) is 11.3 Å². The number of thiophene rings is 1. The third-order valence-electron chi connectivity index (χ3n) is 3.08. The maximum Gasteiger partial charge on any atom is 0.0948 e. The molecular formula is C14H20ClN3S. The molecule has 0 radical (unpaired) electrons. The lowest BCUT2D eigenvalue weighted by Crippen LogP contribution is -2.17. The number of halogens is 1. The second-order valence-corrected chi connectivity index (χ2v) is 7.00. The minimum atomic E-state index is 0.0643. The van der Waals surface area contributed by atoms with Crippen LogP contribution in [0.4, 0.5) is 0 Å². The number of hydrogen-bond acceptors (Lipinski definition) is 3. The second kappa shape index (κ2) is 6.55. The largest absolute Gasteiger partial charge is 0.333 e. The van der Waals surface area contributed by atoms with Crippen molar-refractivity contribution in [3.63, 3.8) is 0 Å². The minimum Gasteiger partial charge on any atom is -0.333 e. The molecule has 0 aliphatic carbocycles. The van der Waals surface area contributed by atoms with E-state index in [9.17, 15) is 0 Å². The second-order valence-electron chi connectivity index (χ2n) is 5.20. The zero-order valence-corrected chi connectivity index (χ0v) is 12.9. The fraction of sp³-hybridized carbons (Fsp3) is 0.500. The standard InChI is InChI=1S/C14H20ClN3S/c1-10(2)7-12(16)13-8-17-9-18(13)6-5-11-3-4-14(15)19-11/h3-4,8-10,12H,5-7,16H2,1-2H3. The molecular weight excluding hydrogens is 278 g/mol. The first-order chi connectivity index (χ1) is 9.06. The summed E-state index contributed by atoms with van der Waals surface area (Å²) in [6.45, 7) is 5.28. The lowest BCUT2D eigenvalue weighted by molar-refractivity contribution is 0.483. The third kappa shape index (κ3) is 4.06. The minimum absolute atomic E-state index is 0.0643. The van der Waals surface area contributed by atoms with Crippen molar-refractivity contribution in [2.75, 3.05) is 0 Å². The number of aromatic nitrogens is 2. The summed E-state index contributed by atoms with van der Waals surface area (Å²) in [5, 5.41) is 0. The lowest BCUT2D eigenvalue weighted by Gasteiger charge is -2.16. The highest BCUT2D eigenvalue weighted by Crippen LogP contribution is 2.23. The molecule has 0 saturated heterocycles. The van der Waals surface area contributed by atoms with Crippen molar-refractivity contribution in [3.05, 3.63) is 39.6 Å². The molecule has 0 aromatic carbocycles. The zero-order chi connectivity index (χ0) is 13.8. The molecule has 0 bridgehead atoms. The van der Waals surface area contributed by atoms with Gasteiger partial charge in [-0.3, -0.25) is 0 Å². The molecule has 0 amide bonds. The summed E-state index contributed by atoms with van der Waals surface area (Å²) >= 11 is 7.57. The summed E-state index contributed by atoms with van der Waals surface area (Å²) in [5.41, 5.74) is 7.36. The van der Waals surface area contributed by atoms with Gasteiger partial charge in [-0.1, -0.05) is 25.4 Å². The van der Waals surface area contributed by atoms with Gasteiger partial charge < -0.3 is 10.3 Å². The van der Waals surface area contributed by atoms with Gasteiger partial charge in [0.05, 0.1) is 16.4 Å². The fourth-order valence-electron chi connectivity index (χ4n) is 2.17. The van der Waals surface area contributed by atoms with Gasteiger partial charge >= 0.3 is 0 Å². The van der Waals surface area contributed by atoms with Gasteiger partial charge in [0.25, 0.3) is 0 Å². The summed E-state index contributed by atoms with van der Waals surface area (Å²) in [7, 11) is 0. The maximum absolute atomic E-state index is 6.23. The zero-order valence-electron chi connectivity index (χ0n) is 11.3. The van der Waals surface area contributed by atoms with Crippen molar-refractivity contribution in [2.45, 2.75) is 39.3 Å². The number of imidazole rings is 1. The van der Waals surface area contributed by atoms with E-state index in [2.05, 4.69) is 29.5 Å². The van der Waals surface area contributed by atoms with Crippen LogP contribution in [0.3, 0.4) is 0 Å². The molecule has 0 aliphatic heterocycles. The number of nitrogens with two attached hydrogens (primary N) is 1. The quantitative estimate of drug-likeness (QED) is 0.879. The Labute approximate surface area is 123 Å². The molecule has 3 nitrogen and oxygen atoms in total. The molecule has 0 saturated carbocycles. The van der Waals surface area contributed by atoms with Gasteiger partial charge in [0, 0.05) is 23.7 Å². The molecule has 0 spiro atoms. The Bertz CT molecular complexity index is 518. The van der Waals surface area contributed by atoms with Gasteiger partial charge in [0.2, 0.25) is 0 Å². The summed E-state index contributed by atoms with van der Waals surface area (Å²) in [6.07, 6.45) is 5.70. The summed E-state index contributed by atoms with van der Waals surface area (Å²) in [6, 6.07) is 4.09. The Morgan fingerprint density at radius 1 is 1.42 bits per heavy atom. The maximum atomic E-state index is 6.23. The van der Waals surface area contributed by atoms with Crippen molar-refractivity contribution in [1.82, 2.24) is 9.55 Å². The van der Waals surface area contributed by atoms with Crippen LogP contribution >= 0.6 is 22.9 Å². The average molecular weight is 298 g/mol. The van der Waals surface area contributed by atoms with Gasteiger partial charge in [0.1, 0.15) is 0 Å². The summed E-state index contributed by atoms with van der Waals surface area (Å²) in [5.74, 6) is 0.592. The first kappa shape index (κ1) is 14.6. The number of rotatable bonds is 6. The lowest BCUT2D eigenvalue weighted by atomic mass is 10.0. The highest BCUT2D eigenvalue weighted by molar-refractivity contribution is 7.16. The molecule has 2 heterocycles. The van der Waals surface area contributed by atoms with E-state index in [4.69, 9.17) is 17.3 Å². The Morgan fingerprint density at radius 2 is 2.21 bits per heavy atom. The van der Waals surface area contributed by atoms with Crippen molar-refractivity contribution in [1.29, 1.82) is 0 Å². The Hall–Kier alpha value is -0.840. The fourth-order valence-corrected chi connectivity index (χ4v) is 3.25. The Kier molecular flexibility index (Phi) is 5.02. The van der Waals surface area contributed by atoms with E-state index in [1.807, 2.05) is 18.6 Å². The molecule has 1 unspecified atom stereocenters. The van der Waals surface area contributed by atoms with E-state index in [0.29, 0.717) is 5.92 Å². The van der Waals surface area contributed by atoms with E-state index >= 15 is 0 Å². The van der Waals surface area contributed by atoms with Crippen molar-refractivity contribution >= 4 is 22.9 Å². The van der Waals surface area contributed by atoms with Crippen LogP contribution in [-0.4, -0.2) is 9.55 Å². The van der Waals surface area contributed by atoms with E-state index in [0.717, 1.165) is 29.4 Å². The number of nitrogens with zero attached hydrogens (tertiary/aromatic N) is 2. The van der Waals surface area contributed by atoms with Crippen LogP contribution in [0, 0.1) is 5.92 Å². The van der Waals surface area contributed by atoms with E-state index < -0.39 is 0 Å². The predicted molar refractivity (Wildman–Crippen MR) is 81.6 cm³/mol. The SMILES string of the molecule is CC(C)CC(N)c1cncn1CCc1ccc(Cl)s1. The van der Waals surface area contributed by atoms with Crippen molar-refractivity contribution < 1.29 is 0 Å². The third-order valence-corrected chi connectivity index (χ3v) is 4.37. The van der Waals surface area contributed by atoms with Crippen LogP contribution in [0.25, 0.3) is 0 Å². The molecule has 1 atom stereocenters. The normalized spacial score (nSPS) is 13.1.